The Morgan fingerprint density at radius 2 is 2.31 bits per heavy atom. The third kappa shape index (κ3) is 3.12. The summed E-state index contributed by atoms with van der Waals surface area (Å²) in [6.45, 7) is 4.01. The molecule has 0 spiro atoms. The van der Waals surface area contributed by atoms with Gasteiger partial charge in [0.05, 0.1) is 18.6 Å². The summed E-state index contributed by atoms with van der Waals surface area (Å²) in [5.74, 6) is -0.353. The Labute approximate surface area is 95.3 Å². The fraction of sp³-hybridized carbons (Fsp3) is 0.455. The van der Waals surface area contributed by atoms with Gasteiger partial charge in [0.25, 0.3) is 0 Å². The quantitative estimate of drug-likeness (QED) is 0.567. The predicted molar refractivity (Wildman–Crippen MR) is 61.6 cm³/mol. The number of carbonyl (C=O) groups excluding carboxylic acids is 1. The van der Waals surface area contributed by atoms with Crippen LogP contribution in [0.15, 0.2) is 18.7 Å². The summed E-state index contributed by atoms with van der Waals surface area (Å²) >= 11 is 0. The Kier molecular flexibility index (Phi) is 4.10. The van der Waals surface area contributed by atoms with Crippen molar-refractivity contribution in [2.45, 2.75) is 13.8 Å². The topological polar surface area (TPSA) is 47.4 Å². The van der Waals surface area contributed by atoms with Crippen molar-refractivity contribution in [3.63, 3.8) is 0 Å². The second-order valence-corrected chi connectivity index (χ2v) is 3.62. The zero-order valence-electron chi connectivity index (χ0n) is 10.1. The number of rotatable bonds is 4. The average Bonchev–Trinajstić information content (AvgIpc) is 2.61. The van der Waals surface area contributed by atoms with E-state index < -0.39 is 0 Å². The SMILES string of the molecule is CCOC(=O)C(=CN(C)C)n1cnc(C)c1. The van der Waals surface area contributed by atoms with Crippen LogP contribution >= 0.6 is 0 Å². The summed E-state index contributed by atoms with van der Waals surface area (Å²) in [5, 5.41) is 0. The molecule has 16 heavy (non-hydrogen) atoms. The van der Waals surface area contributed by atoms with Crippen molar-refractivity contribution in [2.24, 2.45) is 0 Å². The molecule has 5 heteroatoms. The lowest BCUT2D eigenvalue weighted by atomic mass is 10.4. The van der Waals surface area contributed by atoms with Gasteiger partial charge >= 0.3 is 5.97 Å². The molecule has 0 unspecified atom stereocenters. The van der Waals surface area contributed by atoms with Gasteiger partial charge in [-0.25, -0.2) is 9.78 Å². The van der Waals surface area contributed by atoms with E-state index >= 15 is 0 Å². The Morgan fingerprint density at radius 1 is 1.62 bits per heavy atom. The van der Waals surface area contributed by atoms with Crippen LogP contribution in [0.4, 0.5) is 0 Å². The monoisotopic (exact) mass is 223 g/mol. The van der Waals surface area contributed by atoms with Crippen LogP contribution in [0, 0.1) is 6.92 Å². The first kappa shape index (κ1) is 12.3. The Morgan fingerprint density at radius 3 is 2.75 bits per heavy atom. The maximum atomic E-state index is 11.7. The van der Waals surface area contributed by atoms with Crippen molar-refractivity contribution in [3.8, 4) is 0 Å². The van der Waals surface area contributed by atoms with Crippen molar-refractivity contribution in [1.29, 1.82) is 0 Å². The molecule has 1 rings (SSSR count). The molecule has 1 aromatic rings. The number of ether oxygens (including phenoxy) is 1. The van der Waals surface area contributed by atoms with Gasteiger partial charge in [0.15, 0.2) is 0 Å². The van der Waals surface area contributed by atoms with Gasteiger partial charge in [0.2, 0.25) is 0 Å². The highest BCUT2D eigenvalue weighted by Crippen LogP contribution is 2.09. The van der Waals surface area contributed by atoms with Gasteiger partial charge in [-0.2, -0.15) is 0 Å². The van der Waals surface area contributed by atoms with Crippen molar-refractivity contribution in [2.75, 3.05) is 20.7 Å². The lowest BCUT2D eigenvalue weighted by molar-refractivity contribution is -0.136. The van der Waals surface area contributed by atoms with E-state index in [0.29, 0.717) is 12.3 Å². The number of esters is 1. The molecule has 88 valence electrons. The number of hydrogen-bond acceptors (Lipinski definition) is 4. The van der Waals surface area contributed by atoms with E-state index in [-0.39, 0.29) is 5.97 Å². The smallest absolute Gasteiger partial charge is 0.356 e. The average molecular weight is 223 g/mol. The molecule has 0 saturated heterocycles. The van der Waals surface area contributed by atoms with Gasteiger partial charge in [0.1, 0.15) is 5.70 Å². The van der Waals surface area contributed by atoms with E-state index in [2.05, 4.69) is 4.98 Å². The normalized spacial score (nSPS) is 11.4. The Bertz CT molecular complexity index is 394. The van der Waals surface area contributed by atoms with Crippen LogP contribution in [-0.4, -0.2) is 41.1 Å². The van der Waals surface area contributed by atoms with E-state index in [1.165, 1.54) is 0 Å². The van der Waals surface area contributed by atoms with Gasteiger partial charge < -0.3 is 9.64 Å². The third-order valence-corrected chi connectivity index (χ3v) is 1.85. The number of aryl methyl sites for hydroxylation is 1. The van der Waals surface area contributed by atoms with Crippen LogP contribution in [-0.2, 0) is 9.53 Å². The van der Waals surface area contributed by atoms with Crippen molar-refractivity contribution >= 4 is 11.7 Å². The highest BCUT2D eigenvalue weighted by molar-refractivity contribution is 6.09. The van der Waals surface area contributed by atoms with E-state index in [4.69, 9.17) is 4.74 Å². The number of nitrogens with zero attached hydrogens (tertiary/aromatic N) is 3. The second-order valence-electron chi connectivity index (χ2n) is 3.62. The first-order valence-corrected chi connectivity index (χ1v) is 5.11. The highest BCUT2D eigenvalue weighted by Gasteiger charge is 2.13. The Balaban J connectivity index is 3.01. The molecule has 0 atom stereocenters. The minimum Gasteiger partial charge on any atom is -0.461 e. The maximum absolute atomic E-state index is 11.7. The van der Waals surface area contributed by atoms with Crippen LogP contribution in [0.3, 0.4) is 0 Å². The zero-order chi connectivity index (χ0) is 12.1. The van der Waals surface area contributed by atoms with E-state index in [0.717, 1.165) is 5.69 Å². The first-order valence-electron chi connectivity index (χ1n) is 5.11. The van der Waals surface area contributed by atoms with Gasteiger partial charge in [-0.05, 0) is 13.8 Å². The maximum Gasteiger partial charge on any atom is 0.356 e. The molecule has 0 aliphatic rings. The van der Waals surface area contributed by atoms with Crippen LogP contribution in [0.1, 0.15) is 12.6 Å². The molecular weight excluding hydrogens is 206 g/mol. The molecule has 0 fully saturated rings. The lowest BCUT2D eigenvalue weighted by Crippen LogP contribution is -2.15. The number of hydrogen-bond donors (Lipinski definition) is 0. The summed E-state index contributed by atoms with van der Waals surface area (Å²) in [6.07, 6.45) is 5.09. The molecule has 0 N–H and O–H groups in total. The van der Waals surface area contributed by atoms with Crippen molar-refractivity contribution < 1.29 is 9.53 Å². The molecule has 0 aromatic carbocycles. The fourth-order valence-electron chi connectivity index (χ4n) is 1.23. The van der Waals surface area contributed by atoms with Crippen molar-refractivity contribution in [1.82, 2.24) is 14.5 Å². The molecule has 1 aromatic heterocycles. The van der Waals surface area contributed by atoms with Gasteiger partial charge in [-0.3, -0.25) is 4.57 Å². The fourth-order valence-corrected chi connectivity index (χ4v) is 1.23. The largest absolute Gasteiger partial charge is 0.461 e. The number of carbonyl (C=O) groups is 1. The predicted octanol–water partition coefficient (Wildman–Crippen LogP) is 1.11. The van der Waals surface area contributed by atoms with Crippen LogP contribution < -0.4 is 0 Å². The van der Waals surface area contributed by atoms with Gasteiger partial charge in [-0.15, -0.1) is 0 Å². The molecule has 0 bridgehead atoms. The number of imidazole rings is 1. The van der Waals surface area contributed by atoms with Crippen LogP contribution in [0.25, 0.3) is 5.70 Å². The van der Waals surface area contributed by atoms with Crippen molar-refractivity contribution in [3.05, 3.63) is 24.4 Å². The Hall–Kier alpha value is -1.78. The zero-order valence-corrected chi connectivity index (χ0v) is 10.1. The van der Waals surface area contributed by atoms with E-state index in [9.17, 15) is 4.79 Å². The lowest BCUT2D eigenvalue weighted by Gasteiger charge is -2.11. The summed E-state index contributed by atoms with van der Waals surface area (Å²) in [5.41, 5.74) is 1.31. The minimum absolute atomic E-state index is 0.353. The summed E-state index contributed by atoms with van der Waals surface area (Å²) in [7, 11) is 3.70. The molecule has 5 nitrogen and oxygen atoms in total. The summed E-state index contributed by atoms with van der Waals surface area (Å²) in [6, 6.07) is 0. The molecule has 0 amide bonds. The summed E-state index contributed by atoms with van der Waals surface area (Å²) in [4.78, 5) is 17.6. The minimum atomic E-state index is -0.353. The van der Waals surface area contributed by atoms with E-state index in [1.807, 2.05) is 21.0 Å². The molecule has 0 aliphatic heterocycles. The van der Waals surface area contributed by atoms with Crippen LogP contribution in [0.5, 0.6) is 0 Å². The molecule has 0 radical (unpaired) electrons. The molecule has 1 heterocycles. The summed E-state index contributed by atoms with van der Waals surface area (Å²) < 4.78 is 6.65. The van der Waals surface area contributed by atoms with Crippen LogP contribution in [0.2, 0.25) is 0 Å². The van der Waals surface area contributed by atoms with E-state index in [1.54, 1.807) is 35.1 Å². The second kappa shape index (κ2) is 5.34. The molecule has 0 saturated carbocycles. The standard InChI is InChI=1S/C11H17N3O2/c1-5-16-11(15)10(7-13(3)4)14-6-9(2)12-8-14/h6-8H,5H2,1-4H3. The molecule has 0 aliphatic carbocycles. The third-order valence-electron chi connectivity index (χ3n) is 1.85. The van der Waals surface area contributed by atoms with Gasteiger partial charge in [-0.1, -0.05) is 0 Å². The molecular formula is C11H17N3O2. The first-order chi connectivity index (χ1) is 7.54. The number of aromatic nitrogens is 2. The highest BCUT2D eigenvalue weighted by atomic mass is 16.5. The van der Waals surface area contributed by atoms with Gasteiger partial charge in [0, 0.05) is 26.5 Å².